The van der Waals surface area contributed by atoms with Crippen LogP contribution in [0.25, 0.3) is 0 Å². The van der Waals surface area contributed by atoms with Gasteiger partial charge in [0, 0.05) is 0 Å². The Balaban J connectivity index is -0.0000000655. The second-order valence-corrected chi connectivity index (χ2v) is 1.48. The van der Waals surface area contributed by atoms with Crippen LogP contribution in [0.15, 0.2) is 0 Å². The number of hydrogen-bond acceptors (Lipinski definition) is 0. The molecule has 0 spiro atoms. The van der Waals surface area contributed by atoms with Crippen LogP contribution in [0.3, 0.4) is 0 Å². The molecule has 0 bridgehead atoms. The molecule has 16 heavy (non-hydrogen) atoms. The molecule has 0 aromatic heterocycles. The molecule has 0 aromatic rings. The summed E-state index contributed by atoms with van der Waals surface area (Å²) in [6.07, 6.45) is 0. The van der Waals surface area contributed by atoms with Crippen molar-refractivity contribution >= 4 is 21.8 Å². The Morgan fingerprint density at radius 1 is 0.312 bits per heavy atom. The number of hydrogen-bond donors (Lipinski definition) is 0. The van der Waals surface area contributed by atoms with Gasteiger partial charge >= 0.3 is 38.5 Å². The molecule has 0 aliphatic carbocycles. The largest absolute Gasteiger partial charge is 3.00 e. The van der Waals surface area contributed by atoms with Crippen LogP contribution in [0.4, 0.5) is 51.8 Å². The van der Waals surface area contributed by atoms with E-state index in [0.717, 1.165) is 0 Å². The predicted octanol–water partition coefficient (Wildman–Crippen LogP) is 3.90. The summed E-state index contributed by atoms with van der Waals surface area (Å²) in [4.78, 5) is 0. The molecule has 0 saturated heterocycles. The van der Waals surface area contributed by atoms with Gasteiger partial charge in [0.1, 0.15) is 0 Å². The van der Waals surface area contributed by atoms with Gasteiger partial charge in [-0.1, -0.05) is 0 Å². The van der Waals surface area contributed by atoms with Gasteiger partial charge in [0.25, 0.3) is 0 Å². The normalized spacial score (nSPS) is 11.2. The first-order valence-corrected chi connectivity index (χ1v) is 2.62. The molecule has 0 aliphatic rings. The summed E-state index contributed by atoms with van der Waals surface area (Å²) in [6.45, 7) is 0. The summed E-state index contributed by atoms with van der Waals surface area (Å²) in [5.74, 6) is 0. The van der Waals surface area contributed by atoms with E-state index in [2.05, 4.69) is 0 Å². The quantitative estimate of drug-likeness (QED) is 0.469. The van der Waals surface area contributed by atoms with Gasteiger partial charge in [-0.3, -0.25) is 0 Å². The van der Waals surface area contributed by atoms with Crippen molar-refractivity contribution in [1.29, 1.82) is 0 Å². The first kappa shape index (κ1) is 24.9. The van der Waals surface area contributed by atoms with Crippen LogP contribution >= 0.6 is 0 Å². The van der Waals surface area contributed by atoms with E-state index in [1.165, 1.54) is 0 Å². The van der Waals surface area contributed by atoms with Crippen LogP contribution in [-0.4, -0.2) is 21.8 Å². The third-order valence-corrected chi connectivity index (χ3v) is 0. The van der Waals surface area contributed by atoms with E-state index in [9.17, 15) is 51.8 Å². The van der Waals surface area contributed by atoms with Gasteiger partial charge in [0.2, 0.25) is 0 Å². The van der Waals surface area contributed by atoms with E-state index in [4.69, 9.17) is 0 Å². The Labute approximate surface area is 91.3 Å². The van der Waals surface area contributed by atoms with Crippen LogP contribution in [0.2, 0.25) is 0 Å². The standard InChI is InChI=1S/3BF4.Co/c3*2-1(3,4)5;/q3*-1;+3. The van der Waals surface area contributed by atoms with E-state index in [0.29, 0.717) is 0 Å². The van der Waals surface area contributed by atoms with Crippen LogP contribution in [-0.2, 0) is 16.8 Å². The van der Waals surface area contributed by atoms with Crippen molar-refractivity contribution in [2.75, 3.05) is 0 Å². The summed E-state index contributed by atoms with van der Waals surface area (Å²) < 4.78 is 117. The Hall–Kier alpha value is -0.139. The fraction of sp³-hybridized carbons (Fsp3) is 0. The molecule has 0 saturated carbocycles. The zero-order valence-electron chi connectivity index (χ0n) is 6.60. The maximum atomic E-state index is 9.75. The molecule has 0 nitrogen and oxygen atoms in total. The summed E-state index contributed by atoms with van der Waals surface area (Å²) in [7, 11) is -18.0. The molecule has 0 N–H and O–H groups in total. The molecule has 0 radical (unpaired) electrons. The molecule has 102 valence electrons. The second kappa shape index (κ2) is 8.95. The van der Waals surface area contributed by atoms with Gasteiger partial charge in [0.15, 0.2) is 0 Å². The molecule has 16 heteroatoms. The monoisotopic (exact) mass is 320 g/mol. The molecule has 0 unspecified atom stereocenters. The van der Waals surface area contributed by atoms with Crippen LogP contribution < -0.4 is 0 Å². The van der Waals surface area contributed by atoms with E-state index in [-0.39, 0.29) is 16.8 Å². The van der Waals surface area contributed by atoms with Crippen LogP contribution in [0.5, 0.6) is 0 Å². The molecular weight excluding hydrogens is 319 g/mol. The molecule has 0 aromatic carbocycles. The third kappa shape index (κ3) is 119000. The zero-order valence-corrected chi connectivity index (χ0v) is 7.64. The van der Waals surface area contributed by atoms with Crippen LogP contribution in [0, 0.1) is 0 Å². The van der Waals surface area contributed by atoms with Crippen LogP contribution in [0.1, 0.15) is 0 Å². The minimum Gasteiger partial charge on any atom is -0.418 e. The van der Waals surface area contributed by atoms with Gasteiger partial charge in [-0.15, -0.1) is 0 Å². The van der Waals surface area contributed by atoms with Crippen molar-refractivity contribution in [2.45, 2.75) is 0 Å². The summed E-state index contributed by atoms with van der Waals surface area (Å²) in [6, 6.07) is 0. The molecule has 0 amide bonds. The summed E-state index contributed by atoms with van der Waals surface area (Å²) in [5.41, 5.74) is 0. The summed E-state index contributed by atoms with van der Waals surface area (Å²) >= 11 is 0. The predicted molar refractivity (Wildman–Crippen MR) is 30.6 cm³/mol. The van der Waals surface area contributed by atoms with Crippen molar-refractivity contribution in [2.24, 2.45) is 0 Å². The first-order valence-electron chi connectivity index (χ1n) is 2.62. The van der Waals surface area contributed by atoms with Crippen molar-refractivity contribution < 1.29 is 68.6 Å². The van der Waals surface area contributed by atoms with E-state index in [1.807, 2.05) is 0 Å². The Morgan fingerprint density at radius 3 is 0.312 bits per heavy atom. The number of rotatable bonds is 0. The fourth-order valence-electron chi connectivity index (χ4n) is 0. The smallest absolute Gasteiger partial charge is 0.418 e. The average Bonchev–Trinajstić information content (AvgIpc) is 1.41. The average molecular weight is 319 g/mol. The van der Waals surface area contributed by atoms with Crippen molar-refractivity contribution in [1.82, 2.24) is 0 Å². The molecule has 0 atom stereocenters. The molecular formula is B3CoF12. The topological polar surface area (TPSA) is 0 Å². The first-order chi connectivity index (χ1) is 6.00. The third-order valence-electron chi connectivity index (χ3n) is 0. The maximum absolute atomic E-state index is 9.75. The van der Waals surface area contributed by atoms with Gasteiger partial charge < -0.3 is 51.8 Å². The minimum absolute atomic E-state index is 0. The van der Waals surface area contributed by atoms with Gasteiger partial charge in [0.05, 0.1) is 0 Å². The maximum Gasteiger partial charge on any atom is 3.00 e. The fourth-order valence-corrected chi connectivity index (χ4v) is 0. The Bertz CT molecular complexity index is 91.3. The molecule has 0 rings (SSSR count). The second-order valence-electron chi connectivity index (χ2n) is 1.48. The Morgan fingerprint density at radius 2 is 0.312 bits per heavy atom. The van der Waals surface area contributed by atoms with E-state index in [1.54, 1.807) is 0 Å². The van der Waals surface area contributed by atoms with Gasteiger partial charge in [-0.05, 0) is 0 Å². The minimum atomic E-state index is -6.00. The van der Waals surface area contributed by atoms with Crippen molar-refractivity contribution in [3.8, 4) is 0 Å². The molecule has 0 fully saturated rings. The van der Waals surface area contributed by atoms with Gasteiger partial charge in [-0.2, -0.15) is 0 Å². The van der Waals surface area contributed by atoms with E-state index >= 15 is 0 Å². The summed E-state index contributed by atoms with van der Waals surface area (Å²) in [5, 5.41) is 0. The van der Waals surface area contributed by atoms with E-state index < -0.39 is 21.8 Å². The molecule has 0 heterocycles. The zero-order chi connectivity index (χ0) is 13.5. The SMILES string of the molecule is F[B-](F)(F)F.F[B-](F)(F)F.F[B-](F)(F)F.[Co+3]. The molecule has 0 aliphatic heterocycles. The van der Waals surface area contributed by atoms with Crippen molar-refractivity contribution in [3.05, 3.63) is 0 Å². The van der Waals surface area contributed by atoms with Gasteiger partial charge in [-0.25, -0.2) is 0 Å². The number of halogens is 12. The Kier molecular flexibility index (Phi) is 13.9. The van der Waals surface area contributed by atoms with Crippen molar-refractivity contribution in [3.63, 3.8) is 0 Å².